The Hall–Kier alpha value is -3.84. The summed E-state index contributed by atoms with van der Waals surface area (Å²) in [5.41, 5.74) is 8.26. The van der Waals surface area contributed by atoms with Crippen LogP contribution in [-0.2, 0) is 32.0 Å². The Morgan fingerprint density at radius 2 is 1.68 bits per heavy atom. The quantitative estimate of drug-likeness (QED) is 0.131. The Kier molecular flexibility index (Phi) is 11.8. The molecule has 5 atom stereocenters. The van der Waals surface area contributed by atoms with E-state index in [-0.39, 0.29) is 18.8 Å². The number of imidazole rings is 1. The molecule has 3 aromatic rings. The number of benzene rings is 1. The van der Waals surface area contributed by atoms with Gasteiger partial charge in [-0.1, -0.05) is 38.5 Å². The standard InChI is InChI=1S/C28H39N7O5S/c1-4-16(2)24(29)27(38)33-21(9-10-41-3)25(36)34-22(11-17-13-31-20-8-6-5-7-19(17)20)26(37)35-23(28(39)40)12-18-14-30-15-32-18/h5-8,13-16,21-24,31H,4,9-12,29H2,1-3H3,(H,30,32)(H,33,38)(H,34,36)(H,35,37)(H,39,40). The number of hydrogen-bond acceptors (Lipinski definition) is 7. The van der Waals surface area contributed by atoms with Gasteiger partial charge in [0.05, 0.1) is 12.4 Å². The lowest BCUT2D eigenvalue weighted by Crippen LogP contribution is -2.58. The number of carboxylic acids is 1. The van der Waals surface area contributed by atoms with Gasteiger partial charge < -0.3 is 36.8 Å². The van der Waals surface area contributed by atoms with E-state index < -0.39 is 47.9 Å². The third-order valence-electron chi connectivity index (χ3n) is 7.13. The van der Waals surface area contributed by atoms with Gasteiger partial charge in [-0.05, 0) is 36.0 Å². The predicted molar refractivity (Wildman–Crippen MR) is 158 cm³/mol. The summed E-state index contributed by atoms with van der Waals surface area (Å²) >= 11 is 1.52. The summed E-state index contributed by atoms with van der Waals surface area (Å²) in [5.74, 6) is -2.38. The average Bonchev–Trinajstić information content (AvgIpc) is 3.63. The molecule has 222 valence electrons. The summed E-state index contributed by atoms with van der Waals surface area (Å²) in [7, 11) is 0. The molecule has 0 fully saturated rings. The van der Waals surface area contributed by atoms with Crippen molar-refractivity contribution in [2.75, 3.05) is 12.0 Å². The van der Waals surface area contributed by atoms with E-state index in [0.717, 1.165) is 16.5 Å². The van der Waals surface area contributed by atoms with Crippen molar-refractivity contribution in [1.29, 1.82) is 0 Å². The van der Waals surface area contributed by atoms with Crippen LogP contribution >= 0.6 is 11.8 Å². The van der Waals surface area contributed by atoms with Gasteiger partial charge in [-0.3, -0.25) is 14.4 Å². The number of nitrogens with zero attached hydrogens (tertiary/aromatic N) is 1. The van der Waals surface area contributed by atoms with Crippen molar-refractivity contribution in [1.82, 2.24) is 30.9 Å². The Morgan fingerprint density at radius 3 is 2.34 bits per heavy atom. The number of H-pyrrole nitrogens is 2. The van der Waals surface area contributed by atoms with E-state index in [1.54, 1.807) is 6.20 Å². The lowest BCUT2D eigenvalue weighted by molar-refractivity contribution is -0.142. The van der Waals surface area contributed by atoms with Crippen LogP contribution in [0.4, 0.5) is 0 Å². The minimum atomic E-state index is -1.26. The fourth-order valence-electron chi connectivity index (χ4n) is 4.38. The molecule has 2 heterocycles. The molecule has 0 spiro atoms. The Labute approximate surface area is 243 Å². The highest BCUT2D eigenvalue weighted by molar-refractivity contribution is 7.98. The topological polar surface area (TPSA) is 195 Å². The normalized spacial score (nSPS) is 14.9. The van der Waals surface area contributed by atoms with E-state index >= 15 is 0 Å². The van der Waals surface area contributed by atoms with Crippen molar-refractivity contribution < 1.29 is 24.3 Å². The minimum Gasteiger partial charge on any atom is -0.480 e. The molecule has 0 radical (unpaired) electrons. The van der Waals surface area contributed by atoms with Gasteiger partial charge in [0.1, 0.15) is 18.1 Å². The molecule has 41 heavy (non-hydrogen) atoms. The molecule has 0 aliphatic rings. The third kappa shape index (κ3) is 8.82. The molecule has 0 saturated carbocycles. The molecule has 3 rings (SSSR count). The van der Waals surface area contributed by atoms with Crippen molar-refractivity contribution in [3.63, 3.8) is 0 Å². The van der Waals surface area contributed by atoms with E-state index in [9.17, 15) is 24.3 Å². The van der Waals surface area contributed by atoms with Crippen LogP contribution in [0, 0.1) is 5.92 Å². The second-order valence-corrected chi connectivity index (χ2v) is 11.0. The van der Waals surface area contributed by atoms with Crippen LogP contribution < -0.4 is 21.7 Å². The van der Waals surface area contributed by atoms with Crippen LogP contribution in [0.3, 0.4) is 0 Å². The number of carboxylic acid groups (broad SMARTS) is 1. The first-order chi connectivity index (χ1) is 19.6. The highest BCUT2D eigenvalue weighted by Crippen LogP contribution is 2.19. The van der Waals surface area contributed by atoms with Crippen molar-refractivity contribution in [3.05, 3.63) is 54.2 Å². The third-order valence-corrected chi connectivity index (χ3v) is 7.77. The van der Waals surface area contributed by atoms with Crippen LogP contribution in [0.5, 0.6) is 0 Å². The molecule has 5 unspecified atom stereocenters. The van der Waals surface area contributed by atoms with Crippen LogP contribution in [0.15, 0.2) is 43.0 Å². The zero-order chi connectivity index (χ0) is 29.9. The zero-order valence-corrected chi connectivity index (χ0v) is 24.3. The first kappa shape index (κ1) is 31.7. The minimum absolute atomic E-state index is 0.0191. The monoisotopic (exact) mass is 585 g/mol. The molecule has 8 N–H and O–H groups in total. The van der Waals surface area contributed by atoms with Gasteiger partial charge >= 0.3 is 5.97 Å². The summed E-state index contributed by atoms with van der Waals surface area (Å²) in [4.78, 5) is 61.8. The molecule has 0 aliphatic carbocycles. The second-order valence-electron chi connectivity index (χ2n) is 10.1. The number of aliphatic carboxylic acids is 1. The number of rotatable bonds is 16. The van der Waals surface area contributed by atoms with Crippen molar-refractivity contribution in [2.24, 2.45) is 11.7 Å². The summed E-state index contributed by atoms with van der Waals surface area (Å²) in [6.45, 7) is 3.80. The van der Waals surface area contributed by atoms with Crippen LogP contribution in [0.25, 0.3) is 10.9 Å². The Morgan fingerprint density at radius 1 is 1.00 bits per heavy atom. The highest BCUT2D eigenvalue weighted by atomic mass is 32.2. The Balaban J connectivity index is 1.84. The van der Waals surface area contributed by atoms with E-state index in [1.807, 2.05) is 44.4 Å². The largest absolute Gasteiger partial charge is 0.480 e. The van der Waals surface area contributed by atoms with Crippen LogP contribution in [0.2, 0.25) is 0 Å². The number of amides is 3. The van der Waals surface area contributed by atoms with E-state index in [2.05, 4.69) is 30.9 Å². The number of para-hydroxylation sites is 1. The maximum absolute atomic E-state index is 13.5. The number of aromatic nitrogens is 3. The summed E-state index contributed by atoms with van der Waals surface area (Å²) in [5, 5.41) is 18.7. The lowest BCUT2D eigenvalue weighted by atomic mass is 9.99. The number of thioether (sulfide) groups is 1. The number of fused-ring (bicyclic) bond motifs is 1. The number of carbonyl (C=O) groups excluding carboxylic acids is 3. The molecule has 2 aromatic heterocycles. The summed E-state index contributed by atoms with van der Waals surface area (Å²) < 4.78 is 0. The van der Waals surface area contributed by atoms with Crippen molar-refractivity contribution >= 4 is 46.4 Å². The predicted octanol–water partition coefficient (Wildman–Crippen LogP) is 1.34. The fraction of sp³-hybridized carbons (Fsp3) is 0.464. The molecule has 0 saturated heterocycles. The maximum atomic E-state index is 13.5. The molecule has 3 amide bonds. The number of nitrogens with one attached hydrogen (secondary N) is 5. The van der Waals surface area contributed by atoms with Gasteiger partial charge in [0, 0.05) is 41.8 Å². The summed E-state index contributed by atoms with van der Waals surface area (Å²) in [6, 6.07) is 3.45. The molecular weight excluding hydrogens is 546 g/mol. The van der Waals surface area contributed by atoms with Gasteiger partial charge in [-0.2, -0.15) is 11.8 Å². The first-order valence-corrected chi connectivity index (χ1v) is 14.9. The number of hydrogen-bond donors (Lipinski definition) is 7. The smallest absolute Gasteiger partial charge is 0.326 e. The van der Waals surface area contributed by atoms with Gasteiger partial charge in [0.2, 0.25) is 17.7 Å². The van der Waals surface area contributed by atoms with Crippen LogP contribution in [0.1, 0.15) is 37.9 Å². The van der Waals surface area contributed by atoms with E-state index in [4.69, 9.17) is 5.73 Å². The zero-order valence-electron chi connectivity index (χ0n) is 23.5. The van der Waals surface area contributed by atoms with Gasteiger partial charge in [-0.15, -0.1) is 0 Å². The highest BCUT2D eigenvalue weighted by Gasteiger charge is 2.31. The molecule has 13 heteroatoms. The van der Waals surface area contributed by atoms with Gasteiger partial charge in [0.25, 0.3) is 0 Å². The van der Waals surface area contributed by atoms with Gasteiger partial charge in [0.15, 0.2) is 0 Å². The first-order valence-electron chi connectivity index (χ1n) is 13.5. The average molecular weight is 586 g/mol. The maximum Gasteiger partial charge on any atom is 0.326 e. The molecule has 12 nitrogen and oxygen atoms in total. The van der Waals surface area contributed by atoms with Crippen LogP contribution in [-0.4, -0.2) is 79.9 Å². The Bertz CT molecular complexity index is 1310. The molecule has 0 aliphatic heterocycles. The van der Waals surface area contributed by atoms with E-state index in [0.29, 0.717) is 24.3 Å². The van der Waals surface area contributed by atoms with E-state index in [1.165, 1.54) is 24.3 Å². The van der Waals surface area contributed by atoms with Crippen molar-refractivity contribution in [3.8, 4) is 0 Å². The van der Waals surface area contributed by atoms with Crippen molar-refractivity contribution in [2.45, 2.75) is 63.7 Å². The molecular formula is C28H39N7O5S. The van der Waals surface area contributed by atoms with Gasteiger partial charge in [-0.25, -0.2) is 9.78 Å². The molecule has 0 bridgehead atoms. The second kappa shape index (κ2) is 15.2. The summed E-state index contributed by atoms with van der Waals surface area (Å²) in [6.07, 6.45) is 7.65. The number of carbonyl (C=O) groups is 4. The number of aromatic amines is 2. The fourth-order valence-corrected chi connectivity index (χ4v) is 4.85. The lowest BCUT2D eigenvalue weighted by Gasteiger charge is -2.26. The number of nitrogens with two attached hydrogens (primary N) is 1. The molecule has 1 aromatic carbocycles. The SMILES string of the molecule is CCC(C)C(N)C(=O)NC(CCSC)C(=O)NC(Cc1c[nH]c2ccccc12)C(=O)NC(Cc1cnc[nH]1)C(=O)O.